The second kappa shape index (κ2) is 3.77. The Morgan fingerprint density at radius 1 is 1.38 bits per heavy atom. The molecule has 0 amide bonds. The van der Waals surface area contributed by atoms with E-state index in [1.165, 1.54) is 6.07 Å². The molecule has 1 N–H and O–H groups in total. The number of aromatic nitrogens is 2. The Hall–Kier alpha value is -2.17. The molecule has 0 aliphatic heterocycles. The van der Waals surface area contributed by atoms with Crippen molar-refractivity contribution in [2.75, 3.05) is 0 Å². The SMILES string of the molecule is Cc1noc(C)c1-c1cccc(C(=O)O)n1. The van der Waals surface area contributed by atoms with Crippen LogP contribution in [0.25, 0.3) is 11.3 Å². The molecule has 0 aliphatic carbocycles. The van der Waals surface area contributed by atoms with Crippen molar-refractivity contribution in [3.05, 3.63) is 35.3 Å². The zero-order valence-electron chi connectivity index (χ0n) is 8.89. The quantitative estimate of drug-likeness (QED) is 0.834. The molecule has 2 heterocycles. The molecule has 0 saturated heterocycles. The van der Waals surface area contributed by atoms with E-state index in [2.05, 4.69) is 10.1 Å². The molecule has 82 valence electrons. The summed E-state index contributed by atoms with van der Waals surface area (Å²) in [5.74, 6) is -0.416. The predicted molar refractivity (Wildman–Crippen MR) is 56.2 cm³/mol. The van der Waals surface area contributed by atoms with Crippen LogP contribution >= 0.6 is 0 Å². The average molecular weight is 218 g/mol. The highest BCUT2D eigenvalue weighted by Crippen LogP contribution is 2.24. The Morgan fingerprint density at radius 3 is 2.69 bits per heavy atom. The summed E-state index contributed by atoms with van der Waals surface area (Å²) in [6, 6.07) is 4.83. The van der Waals surface area contributed by atoms with Crippen LogP contribution in [-0.2, 0) is 0 Å². The number of carboxylic acid groups (broad SMARTS) is 1. The van der Waals surface area contributed by atoms with E-state index < -0.39 is 5.97 Å². The minimum absolute atomic E-state index is 0.0116. The van der Waals surface area contributed by atoms with E-state index in [9.17, 15) is 4.79 Å². The maximum absolute atomic E-state index is 10.8. The Labute approximate surface area is 91.7 Å². The van der Waals surface area contributed by atoms with Crippen molar-refractivity contribution in [2.24, 2.45) is 0 Å². The molecule has 0 aliphatic rings. The fourth-order valence-corrected chi connectivity index (χ4v) is 1.54. The Balaban J connectivity index is 2.57. The van der Waals surface area contributed by atoms with E-state index in [4.69, 9.17) is 9.63 Å². The number of hydrogen-bond donors (Lipinski definition) is 1. The second-order valence-corrected chi connectivity index (χ2v) is 3.41. The maximum Gasteiger partial charge on any atom is 0.354 e. The van der Waals surface area contributed by atoms with Gasteiger partial charge in [-0.2, -0.15) is 0 Å². The van der Waals surface area contributed by atoms with Gasteiger partial charge in [-0.15, -0.1) is 0 Å². The van der Waals surface area contributed by atoms with E-state index in [0.717, 1.165) is 5.56 Å². The van der Waals surface area contributed by atoms with E-state index in [0.29, 0.717) is 17.1 Å². The molecule has 5 heteroatoms. The summed E-state index contributed by atoms with van der Waals surface area (Å²) in [5, 5.41) is 12.6. The molecule has 0 saturated carbocycles. The predicted octanol–water partition coefficient (Wildman–Crippen LogP) is 2.05. The minimum atomic E-state index is -1.05. The van der Waals surface area contributed by atoms with Crippen molar-refractivity contribution in [1.29, 1.82) is 0 Å². The first-order valence-electron chi connectivity index (χ1n) is 4.73. The Bertz CT molecular complexity index is 526. The first-order valence-corrected chi connectivity index (χ1v) is 4.73. The summed E-state index contributed by atoms with van der Waals surface area (Å²) in [6.07, 6.45) is 0. The number of nitrogens with zero attached hydrogens (tertiary/aromatic N) is 2. The van der Waals surface area contributed by atoms with Gasteiger partial charge in [0.15, 0.2) is 0 Å². The number of carboxylic acids is 1. The number of hydrogen-bond acceptors (Lipinski definition) is 4. The third kappa shape index (κ3) is 1.67. The Morgan fingerprint density at radius 2 is 2.12 bits per heavy atom. The Kier molecular flexibility index (Phi) is 2.44. The molecule has 0 radical (unpaired) electrons. The van der Waals surface area contributed by atoms with Gasteiger partial charge in [-0.05, 0) is 26.0 Å². The summed E-state index contributed by atoms with van der Waals surface area (Å²) in [5.41, 5.74) is 2.03. The van der Waals surface area contributed by atoms with Crippen LogP contribution in [0.4, 0.5) is 0 Å². The first-order chi connectivity index (χ1) is 7.59. The first kappa shape index (κ1) is 10.4. The molecular formula is C11H10N2O3. The van der Waals surface area contributed by atoms with Crippen molar-refractivity contribution in [1.82, 2.24) is 10.1 Å². The highest BCUT2D eigenvalue weighted by atomic mass is 16.5. The summed E-state index contributed by atoms with van der Waals surface area (Å²) >= 11 is 0. The molecular weight excluding hydrogens is 208 g/mol. The van der Waals surface area contributed by atoms with Crippen LogP contribution in [0.15, 0.2) is 22.7 Å². The lowest BCUT2D eigenvalue weighted by atomic mass is 10.1. The second-order valence-electron chi connectivity index (χ2n) is 3.41. The topological polar surface area (TPSA) is 76.2 Å². The van der Waals surface area contributed by atoms with E-state index in [1.807, 2.05) is 0 Å². The van der Waals surface area contributed by atoms with E-state index in [1.54, 1.807) is 26.0 Å². The maximum atomic E-state index is 10.8. The third-order valence-corrected chi connectivity index (χ3v) is 2.26. The van der Waals surface area contributed by atoms with Gasteiger partial charge in [0.2, 0.25) is 0 Å². The van der Waals surface area contributed by atoms with Gasteiger partial charge in [0.25, 0.3) is 0 Å². The lowest BCUT2D eigenvalue weighted by molar-refractivity contribution is 0.0690. The van der Waals surface area contributed by atoms with Gasteiger partial charge in [0, 0.05) is 0 Å². The average Bonchev–Trinajstić information content (AvgIpc) is 2.59. The number of aromatic carboxylic acids is 1. The third-order valence-electron chi connectivity index (χ3n) is 2.26. The van der Waals surface area contributed by atoms with Crippen LogP contribution in [0, 0.1) is 13.8 Å². The molecule has 5 nitrogen and oxygen atoms in total. The molecule has 0 atom stereocenters. The van der Waals surface area contributed by atoms with Crippen molar-refractivity contribution >= 4 is 5.97 Å². The summed E-state index contributed by atoms with van der Waals surface area (Å²) in [4.78, 5) is 14.8. The van der Waals surface area contributed by atoms with E-state index in [-0.39, 0.29) is 5.69 Å². The van der Waals surface area contributed by atoms with Gasteiger partial charge in [-0.3, -0.25) is 0 Å². The molecule has 0 fully saturated rings. The minimum Gasteiger partial charge on any atom is -0.477 e. The van der Waals surface area contributed by atoms with Crippen LogP contribution in [0.5, 0.6) is 0 Å². The van der Waals surface area contributed by atoms with Gasteiger partial charge < -0.3 is 9.63 Å². The lowest BCUT2D eigenvalue weighted by Crippen LogP contribution is -2.00. The fourth-order valence-electron chi connectivity index (χ4n) is 1.54. The van der Waals surface area contributed by atoms with Gasteiger partial charge in [0.1, 0.15) is 11.5 Å². The summed E-state index contributed by atoms with van der Waals surface area (Å²) < 4.78 is 5.01. The van der Waals surface area contributed by atoms with Crippen molar-refractivity contribution in [3.8, 4) is 11.3 Å². The summed E-state index contributed by atoms with van der Waals surface area (Å²) in [7, 11) is 0. The van der Waals surface area contributed by atoms with Crippen LogP contribution in [0.2, 0.25) is 0 Å². The van der Waals surface area contributed by atoms with Crippen LogP contribution in [0.3, 0.4) is 0 Å². The smallest absolute Gasteiger partial charge is 0.354 e. The molecule has 0 unspecified atom stereocenters. The monoisotopic (exact) mass is 218 g/mol. The molecule has 0 spiro atoms. The fraction of sp³-hybridized carbons (Fsp3) is 0.182. The van der Waals surface area contributed by atoms with Crippen LogP contribution in [-0.4, -0.2) is 21.2 Å². The van der Waals surface area contributed by atoms with Crippen LogP contribution < -0.4 is 0 Å². The largest absolute Gasteiger partial charge is 0.477 e. The van der Waals surface area contributed by atoms with Gasteiger partial charge in [-0.25, -0.2) is 9.78 Å². The van der Waals surface area contributed by atoms with Gasteiger partial charge in [-0.1, -0.05) is 11.2 Å². The number of carbonyl (C=O) groups is 1. The molecule has 0 bridgehead atoms. The highest BCUT2D eigenvalue weighted by molar-refractivity contribution is 5.86. The van der Waals surface area contributed by atoms with Crippen LogP contribution in [0.1, 0.15) is 21.9 Å². The highest BCUT2D eigenvalue weighted by Gasteiger charge is 2.14. The van der Waals surface area contributed by atoms with Gasteiger partial charge in [0.05, 0.1) is 17.0 Å². The zero-order valence-corrected chi connectivity index (χ0v) is 8.89. The van der Waals surface area contributed by atoms with Crippen molar-refractivity contribution in [2.45, 2.75) is 13.8 Å². The van der Waals surface area contributed by atoms with Gasteiger partial charge >= 0.3 is 5.97 Å². The number of rotatable bonds is 2. The normalized spacial score (nSPS) is 10.4. The lowest BCUT2D eigenvalue weighted by Gasteiger charge is -2.00. The van der Waals surface area contributed by atoms with E-state index >= 15 is 0 Å². The number of pyridine rings is 1. The molecule has 0 aromatic carbocycles. The molecule has 2 rings (SSSR count). The van der Waals surface area contributed by atoms with Crippen molar-refractivity contribution in [3.63, 3.8) is 0 Å². The molecule has 2 aromatic rings. The number of aryl methyl sites for hydroxylation is 2. The summed E-state index contributed by atoms with van der Waals surface area (Å²) in [6.45, 7) is 3.56. The standard InChI is InChI=1S/C11H10N2O3/c1-6-10(7(2)16-13-6)8-4-3-5-9(12-8)11(14)15/h3-5H,1-2H3,(H,14,15). The molecule has 16 heavy (non-hydrogen) atoms. The van der Waals surface area contributed by atoms with Crippen molar-refractivity contribution < 1.29 is 14.4 Å². The zero-order chi connectivity index (χ0) is 11.7. The molecule has 2 aromatic heterocycles.